The standard InChI is InChI=1S/C19H19FN4O2/c20-15-6-2-3-7-16(15)24-11-9-23(10-12-24)13-18-21-22-19(25)14-5-1-4-8-17(14)26-18/h1-8H,9-13H2,(H,22,25). The number of amides is 1. The second kappa shape index (κ2) is 7.13. The van der Waals surface area contributed by atoms with Crippen molar-refractivity contribution in [3.8, 4) is 5.75 Å². The number of anilines is 1. The van der Waals surface area contributed by atoms with Crippen LogP contribution in [0.15, 0.2) is 53.6 Å². The number of halogens is 1. The SMILES string of the molecule is O=C1NN=C(CN2CCN(c3ccccc3F)CC2)Oc2ccccc21. The van der Waals surface area contributed by atoms with E-state index in [9.17, 15) is 9.18 Å². The van der Waals surface area contributed by atoms with Crippen LogP contribution in [0.25, 0.3) is 0 Å². The lowest BCUT2D eigenvalue weighted by Crippen LogP contribution is -2.48. The number of ether oxygens (including phenoxy) is 1. The Kier molecular flexibility index (Phi) is 4.53. The number of carbonyl (C=O) groups excluding carboxylic acids is 1. The number of fused-ring (bicyclic) bond motifs is 1. The van der Waals surface area contributed by atoms with Crippen LogP contribution in [0.5, 0.6) is 5.75 Å². The average molecular weight is 354 g/mol. The molecule has 0 spiro atoms. The molecule has 0 aromatic heterocycles. The van der Waals surface area contributed by atoms with Crippen LogP contribution in [0.2, 0.25) is 0 Å². The van der Waals surface area contributed by atoms with Crippen LogP contribution in [-0.2, 0) is 0 Å². The van der Waals surface area contributed by atoms with E-state index < -0.39 is 0 Å². The smallest absolute Gasteiger partial charge is 0.275 e. The van der Waals surface area contributed by atoms with Gasteiger partial charge in [-0.3, -0.25) is 9.69 Å². The van der Waals surface area contributed by atoms with E-state index in [1.165, 1.54) is 6.07 Å². The number of hydrogen-bond acceptors (Lipinski definition) is 5. The number of nitrogens with one attached hydrogen (secondary N) is 1. The Morgan fingerprint density at radius 3 is 2.58 bits per heavy atom. The molecule has 2 aliphatic heterocycles. The Hall–Kier alpha value is -2.93. The summed E-state index contributed by atoms with van der Waals surface area (Å²) in [5, 5.41) is 4.08. The second-order valence-electron chi connectivity index (χ2n) is 6.26. The zero-order chi connectivity index (χ0) is 17.9. The number of piperazine rings is 1. The third-order valence-corrected chi connectivity index (χ3v) is 4.57. The second-order valence-corrected chi connectivity index (χ2v) is 6.26. The highest BCUT2D eigenvalue weighted by Crippen LogP contribution is 2.22. The summed E-state index contributed by atoms with van der Waals surface area (Å²) in [5.74, 6) is 0.477. The van der Waals surface area contributed by atoms with Gasteiger partial charge in [0.2, 0.25) is 5.90 Å². The number of hydrazone groups is 1. The summed E-state index contributed by atoms with van der Waals surface area (Å²) in [7, 11) is 0. The van der Waals surface area contributed by atoms with Gasteiger partial charge in [0.25, 0.3) is 5.91 Å². The molecule has 1 amide bonds. The van der Waals surface area contributed by atoms with Crippen LogP contribution in [0, 0.1) is 5.82 Å². The number of nitrogens with zero attached hydrogens (tertiary/aromatic N) is 3. The molecule has 26 heavy (non-hydrogen) atoms. The molecule has 2 aromatic rings. The van der Waals surface area contributed by atoms with Crippen LogP contribution >= 0.6 is 0 Å². The van der Waals surface area contributed by atoms with E-state index in [0.29, 0.717) is 29.4 Å². The first-order chi connectivity index (χ1) is 12.7. The van der Waals surface area contributed by atoms with Gasteiger partial charge in [-0.2, -0.15) is 0 Å². The zero-order valence-electron chi connectivity index (χ0n) is 14.2. The third kappa shape index (κ3) is 3.39. The van der Waals surface area contributed by atoms with Crippen molar-refractivity contribution in [1.82, 2.24) is 10.3 Å². The number of carbonyl (C=O) groups is 1. The number of rotatable bonds is 3. The van der Waals surface area contributed by atoms with E-state index in [1.54, 1.807) is 30.3 Å². The topological polar surface area (TPSA) is 57.2 Å². The quantitative estimate of drug-likeness (QED) is 0.917. The summed E-state index contributed by atoms with van der Waals surface area (Å²) in [6.45, 7) is 3.44. The van der Waals surface area contributed by atoms with E-state index >= 15 is 0 Å². The van der Waals surface area contributed by atoms with Gasteiger partial charge in [0.15, 0.2) is 0 Å². The fraction of sp³-hybridized carbons (Fsp3) is 0.263. The highest BCUT2D eigenvalue weighted by atomic mass is 19.1. The average Bonchev–Trinajstić information content (AvgIpc) is 2.82. The van der Waals surface area contributed by atoms with Crippen molar-refractivity contribution in [3.05, 3.63) is 59.9 Å². The molecule has 2 heterocycles. The van der Waals surface area contributed by atoms with Crippen molar-refractivity contribution in [1.29, 1.82) is 0 Å². The molecule has 4 rings (SSSR count). The van der Waals surface area contributed by atoms with Crippen molar-refractivity contribution in [2.75, 3.05) is 37.6 Å². The van der Waals surface area contributed by atoms with E-state index in [-0.39, 0.29) is 11.7 Å². The van der Waals surface area contributed by atoms with Crippen LogP contribution in [-0.4, -0.2) is 49.4 Å². The normalized spacial score (nSPS) is 17.7. The van der Waals surface area contributed by atoms with Gasteiger partial charge >= 0.3 is 0 Å². The van der Waals surface area contributed by atoms with E-state index in [4.69, 9.17) is 4.74 Å². The zero-order valence-corrected chi connectivity index (χ0v) is 14.2. The first kappa shape index (κ1) is 16.5. The lowest BCUT2D eigenvalue weighted by molar-refractivity contribution is 0.0955. The minimum absolute atomic E-state index is 0.197. The molecule has 1 saturated heterocycles. The van der Waals surface area contributed by atoms with Crippen molar-refractivity contribution < 1.29 is 13.9 Å². The maximum Gasteiger partial charge on any atom is 0.275 e. The Bertz CT molecular complexity index is 847. The van der Waals surface area contributed by atoms with Crippen LogP contribution < -0.4 is 15.1 Å². The highest BCUT2D eigenvalue weighted by Gasteiger charge is 2.23. The summed E-state index contributed by atoms with van der Waals surface area (Å²) in [6, 6.07) is 13.9. The Balaban J connectivity index is 1.39. The predicted molar refractivity (Wildman–Crippen MR) is 97.0 cm³/mol. The fourth-order valence-electron chi connectivity index (χ4n) is 3.18. The molecule has 0 unspecified atom stereocenters. The molecule has 134 valence electrons. The number of benzene rings is 2. The van der Waals surface area contributed by atoms with Crippen molar-refractivity contribution in [3.63, 3.8) is 0 Å². The van der Waals surface area contributed by atoms with Crippen LogP contribution in [0.4, 0.5) is 10.1 Å². The van der Waals surface area contributed by atoms with Gasteiger partial charge in [-0.05, 0) is 24.3 Å². The largest absolute Gasteiger partial charge is 0.439 e. The molecule has 1 fully saturated rings. The Morgan fingerprint density at radius 1 is 1.04 bits per heavy atom. The molecule has 0 bridgehead atoms. The molecule has 1 N–H and O–H groups in total. The predicted octanol–water partition coefficient (Wildman–Crippen LogP) is 2.08. The Morgan fingerprint density at radius 2 is 1.77 bits per heavy atom. The van der Waals surface area contributed by atoms with E-state index in [2.05, 4.69) is 15.4 Å². The molecule has 0 atom stereocenters. The fourth-order valence-corrected chi connectivity index (χ4v) is 3.18. The van der Waals surface area contributed by atoms with E-state index in [1.807, 2.05) is 17.0 Å². The van der Waals surface area contributed by atoms with Crippen LogP contribution in [0.3, 0.4) is 0 Å². The van der Waals surface area contributed by atoms with Crippen molar-refractivity contribution >= 4 is 17.5 Å². The first-order valence-electron chi connectivity index (χ1n) is 8.56. The summed E-state index contributed by atoms with van der Waals surface area (Å²) < 4.78 is 19.7. The van der Waals surface area contributed by atoms with Gasteiger partial charge in [0, 0.05) is 26.2 Å². The third-order valence-electron chi connectivity index (χ3n) is 4.57. The van der Waals surface area contributed by atoms with Crippen molar-refractivity contribution in [2.24, 2.45) is 5.10 Å². The molecule has 0 aliphatic carbocycles. The van der Waals surface area contributed by atoms with Gasteiger partial charge in [-0.1, -0.05) is 24.3 Å². The molecule has 7 heteroatoms. The summed E-state index contributed by atoms with van der Waals surface area (Å²) in [5.41, 5.74) is 3.62. The molecule has 2 aromatic carbocycles. The lowest BCUT2D eigenvalue weighted by atomic mass is 10.2. The van der Waals surface area contributed by atoms with Gasteiger partial charge in [0.05, 0.1) is 17.8 Å². The van der Waals surface area contributed by atoms with E-state index in [0.717, 1.165) is 26.2 Å². The highest BCUT2D eigenvalue weighted by molar-refractivity contribution is 6.00. The van der Waals surface area contributed by atoms with Gasteiger partial charge < -0.3 is 9.64 Å². The summed E-state index contributed by atoms with van der Waals surface area (Å²) in [4.78, 5) is 16.2. The molecule has 0 radical (unpaired) electrons. The number of hydrogen-bond donors (Lipinski definition) is 1. The van der Waals surface area contributed by atoms with Gasteiger partial charge in [-0.15, -0.1) is 5.10 Å². The van der Waals surface area contributed by atoms with Crippen molar-refractivity contribution in [2.45, 2.75) is 0 Å². The van der Waals surface area contributed by atoms with Gasteiger partial charge in [-0.25, -0.2) is 9.82 Å². The minimum Gasteiger partial charge on any atom is -0.439 e. The molecule has 2 aliphatic rings. The Labute approximate surface area is 150 Å². The monoisotopic (exact) mass is 354 g/mol. The summed E-state index contributed by atoms with van der Waals surface area (Å²) in [6.07, 6.45) is 0. The molecule has 0 saturated carbocycles. The molecule has 6 nitrogen and oxygen atoms in total. The van der Waals surface area contributed by atoms with Crippen LogP contribution in [0.1, 0.15) is 10.4 Å². The molecular formula is C19H19FN4O2. The minimum atomic E-state index is -0.278. The molecular weight excluding hydrogens is 335 g/mol. The maximum atomic E-state index is 13.9. The lowest BCUT2D eigenvalue weighted by Gasteiger charge is -2.36. The summed E-state index contributed by atoms with van der Waals surface area (Å²) >= 11 is 0. The first-order valence-corrected chi connectivity index (χ1v) is 8.56. The van der Waals surface area contributed by atoms with Gasteiger partial charge in [0.1, 0.15) is 11.6 Å². The number of para-hydroxylation sites is 2. The maximum absolute atomic E-state index is 13.9.